The van der Waals surface area contributed by atoms with E-state index in [4.69, 9.17) is 5.73 Å². The monoisotopic (exact) mass is 253 g/mol. The molecule has 0 aromatic rings. The zero-order valence-corrected chi connectivity index (χ0v) is 11.4. The Morgan fingerprint density at radius 3 is 2.89 bits per heavy atom. The third-order valence-electron chi connectivity index (χ3n) is 4.27. The Morgan fingerprint density at radius 1 is 1.28 bits per heavy atom. The molecule has 0 saturated carbocycles. The molecule has 2 saturated heterocycles. The van der Waals surface area contributed by atoms with Crippen LogP contribution in [0.2, 0.25) is 0 Å². The Morgan fingerprint density at radius 2 is 2.17 bits per heavy atom. The first-order valence-corrected chi connectivity index (χ1v) is 7.53. The predicted molar refractivity (Wildman–Crippen MR) is 73.2 cm³/mol. The highest BCUT2D eigenvalue weighted by Gasteiger charge is 2.31. The van der Waals surface area contributed by atoms with Crippen molar-refractivity contribution in [1.29, 1.82) is 0 Å². The van der Waals surface area contributed by atoms with Gasteiger partial charge in [-0.15, -0.1) is 0 Å². The van der Waals surface area contributed by atoms with Gasteiger partial charge in [-0.3, -0.25) is 4.79 Å². The van der Waals surface area contributed by atoms with E-state index in [0.29, 0.717) is 5.91 Å². The van der Waals surface area contributed by atoms with Crippen LogP contribution in [0.25, 0.3) is 0 Å². The van der Waals surface area contributed by atoms with E-state index in [1.165, 1.54) is 25.7 Å². The molecule has 0 aliphatic carbocycles. The molecule has 104 valence electrons. The van der Waals surface area contributed by atoms with Gasteiger partial charge in [-0.2, -0.15) is 0 Å². The molecular formula is C14H27N3O. The molecule has 0 radical (unpaired) electrons. The number of hydrogen-bond acceptors (Lipinski definition) is 3. The summed E-state index contributed by atoms with van der Waals surface area (Å²) < 4.78 is 0. The molecule has 3 N–H and O–H groups in total. The van der Waals surface area contributed by atoms with Gasteiger partial charge in [0.25, 0.3) is 0 Å². The van der Waals surface area contributed by atoms with Gasteiger partial charge in [0.2, 0.25) is 5.91 Å². The normalized spacial score (nSPS) is 27.9. The molecular weight excluding hydrogens is 226 g/mol. The molecule has 4 heteroatoms. The Kier molecular flexibility index (Phi) is 5.45. The fraction of sp³-hybridized carbons (Fsp3) is 0.929. The number of amides is 1. The summed E-state index contributed by atoms with van der Waals surface area (Å²) in [5, 5.41) is 3.30. The highest BCUT2D eigenvalue weighted by Crippen LogP contribution is 2.23. The Balaban J connectivity index is 1.66. The van der Waals surface area contributed by atoms with Crippen LogP contribution in [0, 0.1) is 5.92 Å². The van der Waals surface area contributed by atoms with Crippen LogP contribution >= 0.6 is 0 Å². The smallest absolute Gasteiger partial charge is 0.239 e. The molecule has 18 heavy (non-hydrogen) atoms. The molecule has 0 aromatic heterocycles. The van der Waals surface area contributed by atoms with Gasteiger partial charge in [-0.05, 0) is 51.1 Å². The summed E-state index contributed by atoms with van der Waals surface area (Å²) in [6, 6.07) is 0.112. The van der Waals surface area contributed by atoms with Crippen molar-refractivity contribution in [3.63, 3.8) is 0 Å². The van der Waals surface area contributed by atoms with Crippen LogP contribution < -0.4 is 11.1 Å². The van der Waals surface area contributed by atoms with Crippen LogP contribution in [0.3, 0.4) is 0 Å². The van der Waals surface area contributed by atoms with Gasteiger partial charge in [0.05, 0.1) is 6.04 Å². The van der Waals surface area contributed by atoms with Crippen LogP contribution in [0.15, 0.2) is 0 Å². The van der Waals surface area contributed by atoms with E-state index in [2.05, 4.69) is 10.2 Å². The molecule has 0 bridgehead atoms. The number of carbonyl (C=O) groups excluding carboxylic acids is 1. The molecule has 2 heterocycles. The van der Waals surface area contributed by atoms with Crippen molar-refractivity contribution < 1.29 is 4.79 Å². The van der Waals surface area contributed by atoms with Gasteiger partial charge in [0.15, 0.2) is 0 Å². The summed E-state index contributed by atoms with van der Waals surface area (Å²) in [5.74, 6) is 1.07. The SMILES string of the molecule is NCCCCCC1CCN(C(=O)C2CCCN2)C1. The summed E-state index contributed by atoms with van der Waals surface area (Å²) in [7, 11) is 0. The van der Waals surface area contributed by atoms with Crippen molar-refractivity contribution in [3.05, 3.63) is 0 Å². The topological polar surface area (TPSA) is 58.4 Å². The van der Waals surface area contributed by atoms with Crippen LogP contribution in [-0.4, -0.2) is 43.0 Å². The maximum absolute atomic E-state index is 12.2. The van der Waals surface area contributed by atoms with Crippen molar-refractivity contribution in [1.82, 2.24) is 10.2 Å². The Labute approximate surface area is 110 Å². The minimum absolute atomic E-state index is 0.112. The summed E-state index contributed by atoms with van der Waals surface area (Å²) >= 11 is 0. The van der Waals surface area contributed by atoms with E-state index < -0.39 is 0 Å². The maximum atomic E-state index is 12.2. The predicted octanol–water partition coefficient (Wildman–Crippen LogP) is 1.11. The number of rotatable bonds is 6. The van der Waals surface area contributed by atoms with Crippen molar-refractivity contribution in [2.24, 2.45) is 11.7 Å². The second-order valence-electron chi connectivity index (χ2n) is 5.73. The lowest BCUT2D eigenvalue weighted by atomic mass is 10.0. The lowest BCUT2D eigenvalue weighted by molar-refractivity contribution is -0.132. The molecule has 2 aliphatic rings. The van der Waals surface area contributed by atoms with Gasteiger partial charge in [0, 0.05) is 13.1 Å². The number of unbranched alkanes of at least 4 members (excludes halogenated alkanes) is 2. The molecule has 1 amide bonds. The molecule has 4 nitrogen and oxygen atoms in total. The summed E-state index contributed by atoms with van der Waals surface area (Å²) in [5.41, 5.74) is 5.49. The van der Waals surface area contributed by atoms with E-state index >= 15 is 0 Å². The molecule has 2 fully saturated rings. The first-order chi connectivity index (χ1) is 8.81. The summed E-state index contributed by atoms with van der Waals surface area (Å²) in [4.78, 5) is 14.3. The third-order valence-corrected chi connectivity index (χ3v) is 4.27. The maximum Gasteiger partial charge on any atom is 0.239 e. The van der Waals surface area contributed by atoms with Crippen molar-refractivity contribution >= 4 is 5.91 Å². The highest BCUT2D eigenvalue weighted by molar-refractivity contribution is 5.82. The van der Waals surface area contributed by atoms with Gasteiger partial charge < -0.3 is 16.0 Å². The summed E-state index contributed by atoms with van der Waals surface area (Å²) in [6.45, 7) is 3.77. The lowest BCUT2D eigenvalue weighted by Crippen LogP contribution is -2.42. The average Bonchev–Trinajstić information content (AvgIpc) is 3.05. The van der Waals surface area contributed by atoms with Crippen LogP contribution in [-0.2, 0) is 4.79 Å². The number of nitrogens with zero attached hydrogens (tertiary/aromatic N) is 1. The first kappa shape index (κ1) is 13.8. The number of hydrogen-bond donors (Lipinski definition) is 2. The fourth-order valence-electron chi connectivity index (χ4n) is 3.14. The highest BCUT2D eigenvalue weighted by atomic mass is 16.2. The minimum Gasteiger partial charge on any atom is -0.341 e. The summed E-state index contributed by atoms with van der Waals surface area (Å²) in [6.07, 6.45) is 8.28. The molecule has 2 unspecified atom stereocenters. The van der Waals surface area contributed by atoms with Crippen LogP contribution in [0.4, 0.5) is 0 Å². The van der Waals surface area contributed by atoms with E-state index in [9.17, 15) is 4.79 Å². The third kappa shape index (κ3) is 3.69. The molecule has 0 aromatic carbocycles. The zero-order chi connectivity index (χ0) is 12.8. The van der Waals surface area contributed by atoms with Crippen molar-refractivity contribution in [3.8, 4) is 0 Å². The second-order valence-corrected chi connectivity index (χ2v) is 5.73. The van der Waals surface area contributed by atoms with E-state index in [1.807, 2.05) is 0 Å². The average molecular weight is 253 g/mol. The number of nitrogens with one attached hydrogen (secondary N) is 1. The largest absolute Gasteiger partial charge is 0.341 e. The van der Waals surface area contributed by atoms with Crippen LogP contribution in [0.5, 0.6) is 0 Å². The lowest BCUT2D eigenvalue weighted by Gasteiger charge is -2.20. The van der Waals surface area contributed by atoms with E-state index in [1.54, 1.807) is 0 Å². The minimum atomic E-state index is 0.112. The molecule has 0 spiro atoms. The number of carbonyl (C=O) groups is 1. The van der Waals surface area contributed by atoms with Crippen molar-refractivity contribution in [2.75, 3.05) is 26.2 Å². The number of nitrogens with two attached hydrogens (primary N) is 1. The molecule has 2 rings (SSSR count). The van der Waals surface area contributed by atoms with Gasteiger partial charge in [-0.25, -0.2) is 0 Å². The van der Waals surface area contributed by atoms with Gasteiger partial charge in [0.1, 0.15) is 0 Å². The quantitative estimate of drug-likeness (QED) is 0.697. The van der Waals surface area contributed by atoms with E-state index in [-0.39, 0.29) is 6.04 Å². The fourth-order valence-corrected chi connectivity index (χ4v) is 3.14. The zero-order valence-electron chi connectivity index (χ0n) is 11.4. The Bertz CT molecular complexity index is 264. The standard InChI is InChI=1S/C14H27N3O/c15-8-3-1-2-5-12-7-10-17(11-12)14(18)13-6-4-9-16-13/h12-13,16H,1-11,15H2. The van der Waals surface area contributed by atoms with Crippen molar-refractivity contribution in [2.45, 2.75) is 51.0 Å². The van der Waals surface area contributed by atoms with Crippen LogP contribution in [0.1, 0.15) is 44.9 Å². The van der Waals surface area contributed by atoms with Gasteiger partial charge >= 0.3 is 0 Å². The van der Waals surface area contributed by atoms with Gasteiger partial charge in [-0.1, -0.05) is 12.8 Å². The first-order valence-electron chi connectivity index (χ1n) is 7.53. The second kappa shape index (κ2) is 7.10. The number of likely N-dealkylation sites (tertiary alicyclic amines) is 1. The van der Waals surface area contributed by atoms with E-state index in [0.717, 1.165) is 51.4 Å². The molecule has 2 aliphatic heterocycles. The molecule has 2 atom stereocenters. The Hall–Kier alpha value is -0.610.